The van der Waals surface area contributed by atoms with Gasteiger partial charge in [-0.25, -0.2) is 8.78 Å². The normalized spacial score (nSPS) is 16.5. The maximum absolute atomic E-state index is 13.9. The third kappa shape index (κ3) is 5.56. The number of nitriles is 2. The fourth-order valence-corrected chi connectivity index (χ4v) is 5.27. The van der Waals surface area contributed by atoms with E-state index in [9.17, 15) is 19.3 Å². The maximum atomic E-state index is 13.9. The van der Waals surface area contributed by atoms with Crippen molar-refractivity contribution < 1.29 is 8.78 Å². The Morgan fingerprint density at radius 1 is 1.15 bits per heavy atom. The van der Waals surface area contributed by atoms with Crippen LogP contribution in [0, 0.1) is 28.1 Å². The van der Waals surface area contributed by atoms with Gasteiger partial charge in [0.2, 0.25) is 0 Å². The summed E-state index contributed by atoms with van der Waals surface area (Å²) < 4.78 is 27.7. The molecule has 1 aliphatic heterocycles. The van der Waals surface area contributed by atoms with Gasteiger partial charge in [-0.15, -0.1) is 5.53 Å². The zero-order valence-electron chi connectivity index (χ0n) is 22.6. The lowest BCUT2D eigenvalue weighted by Crippen LogP contribution is -2.48. The first kappa shape index (κ1) is 28.7. The van der Waals surface area contributed by atoms with Crippen LogP contribution in [0.4, 0.5) is 20.2 Å². The number of fused-ring (bicyclic) bond motifs is 1. The van der Waals surface area contributed by atoms with Crippen LogP contribution in [0.1, 0.15) is 56.3 Å². The fourth-order valence-electron chi connectivity index (χ4n) is 4.73. The average Bonchev–Trinajstić information content (AvgIpc) is 3.60. The van der Waals surface area contributed by atoms with Gasteiger partial charge < -0.3 is 16.1 Å². The first-order valence-corrected chi connectivity index (χ1v) is 13.7. The summed E-state index contributed by atoms with van der Waals surface area (Å²) in [5.74, 6) is 0. The van der Waals surface area contributed by atoms with Crippen molar-refractivity contribution in [1.82, 2.24) is 21.0 Å². The van der Waals surface area contributed by atoms with Crippen molar-refractivity contribution in [3.05, 3.63) is 75.2 Å². The molecule has 8 nitrogen and oxygen atoms in total. The van der Waals surface area contributed by atoms with E-state index in [2.05, 4.69) is 59.5 Å². The zero-order chi connectivity index (χ0) is 29.5. The Bertz CT molecular complexity index is 1620. The molecule has 1 fully saturated rings. The fraction of sp³-hybridized carbons (Fsp3) is 0.345. The van der Waals surface area contributed by atoms with E-state index in [1.165, 1.54) is 11.2 Å². The van der Waals surface area contributed by atoms with Gasteiger partial charge >= 0.3 is 0 Å². The third-order valence-corrected chi connectivity index (χ3v) is 7.87. The van der Waals surface area contributed by atoms with E-state index < -0.39 is 18.0 Å². The van der Waals surface area contributed by atoms with Gasteiger partial charge in [0.25, 0.3) is 6.43 Å². The van der Waals surface area contributed by atoms with Gasteiger partial charge in [-0.3, -0.25) is 9.99 Å². The van der Waals surface area contributed by atoms with Crippen molar-refractivity contribution in [2.45, 2.75) is 51.6 Å². The second kappa shape index (κ2) is 10.9. The van der Waals surface area contributed by atoms with Crippen LogP contribution in [-0.4, -0.2) is 28.5 Å². The molecule has 0 unspecified atom stereocenters. The first-order chi connectivity index (χ1) is 19.5. The molecule has 0 saturated heterocycles. The van der Waals surface area contributed by atoms with Crippen molar-refractivity contribution in [1.29, 1.82) is 10.5 Å². The Hall–Kier alpha value is -3.83. The zero-order valence-corrected chi connectivity index (χ0v) is 24.1. The molecule has 2 aromatic carbocycles. The minimum atomic E-state index is -2.54. The quantitative estimate of drug-likeness (QED) is 0.223. The van der Waals surface area contributed by atoms with Gasteiger partial charge in [-0.05, 0) is 36.5 Å². The highest BCUT2D eigenvalue weighted by Gasteiger charge is 2.56. The molecule has 2 aliphatic rings. The van der Waals surface area contributed by atoms with Crippen LogP contribution in [-0.2, 0) is 0 Å². The summed E-state index contributed by atoms with van der Waals surface area (Å²) in [6.07, 6.45) is 1.26. The molecule has 0 amide bonds. The van der Waals surface area contributed by atoms with Crippen molar-refractivity contribution in [2.75, 3.05) is 17.2 Å². The molecular formula is C29H28Cl2F2N8. The monoisotopic (exact) mass is 596 g/mol. The molecule has 12 heteroatoms. The smallest absolute Gasteiger partial charge is 0.262 e. The number of pyridine rings is 1. The Balaban J connectivity index is 1.60. The first-order valence-electron chi connectivity index (χ1n) is 13.0. The molecule has 1 aromatic heterocycles. The maximum Gasteiger partial charge on any atom is 0.262 e. The molecule has 41 heavy (non-hydrogen) atoms. The number of rotatable bonds is 8. The molecule has 1 saturated carbocycles. The molecule has 2 heterocycles. The van der Waals surface area contributed by atoms with Crippen LogP contribution < -0.4 is 21.6 Å². The second-order valence-corrected chi connectivity index (χ2v) is 12.2. The number of hydrazine groups is 2. The number of aromatic nitrogens is 1. The lowest BCUT2D eigenvalue weighted by Gasteiger charge is -2.25. The summed E-state index contributed by atoms with van der Waals surface area (Å²) in [5.41, 5.74) is 7.93. The SMILES string of the molecule is CC(C)(C)CNc1c(C#N)cnc2c(Cl)cc(N[C@H](C3=CN(C4(C(F)F)CC4)NN3)c3cccc(C#N)c3Cl)cc12. The molecule has 0 radical (unpaired) electrons. The predicted molar refractivity (Wildman–Crippen MR) is 156 cm³/mol. The third-order valence-electron chi connectivity index (χ3n) is 7.16. The van der Waals surface area contributed by atoms with Crippen LogP contribution in [0.3, 0.4) is 0 Å². The van der Waals surface area contributed by atoms with Crippen molar-refractivity contribution >= 4 is 45.5 Å². The number of nitrogens with zero attached hydrogens (tertiary/aromatic N) is 4. The molecule has 1 atom stereocenters. The summed E-state index contributed by atoms with van der Waals surface area (Å²) in [6, 6.07) is 12.2. The highest BCUT2D eigenvalue weighted by molar-refractivity contribution is 6.36. The summed E-state index contributed by atoms with van der Waals surface area (Å²) in [7, 11) is 0. The van der Waals surface area contributed by atoms with E-state index in [-0.39, 0.29) is 16.0 Å². The number of hydrogen-bond donors (Lipinski definition) is 4. The van der Waals surface area contributed by atoms with Crippen LogP contribution in [0.2, 0.25) is 10.0 Å². The number of halogens is 4. The molecule has 212 valence electrons. The minimum absolute atomic E-state index is 0.0633. The van der Waals surface area contributed by atoms with Gasteiger partial charge in [0, 0.05) is 35.6 Å². The Labute approximate surface area is 246 Å². The molecule has 0 bridgehead atoms. The number of hydrogen-bond acceptors (Lipinski definition) is 8. The number of benzene rings is 2. The minimum Gasteiger partial charge on any atom is -0.383 e. The average molecular weight is 598 g/mol. The van der Waals surface area contributed by atoms with E-state index >= 15 is 0 Å². The number of anilines is 2. The van der Waals surface area contributed by atoms with Crippen molar-refractivity contribution in [2.24, 2.45) is 5.41 Å². The van der Waals surface area contributed by atoms with Crippen LogP contribution in [0.5, 0.6) is 0 Å². The molecular weight excluding hydrogens is 569 g/mol. The predicted octanol–water partition coefficient (Wildman–Crippen LogP) is 6.86. The van der Waals surface area contributed by atoms with E-state index in [0.29, 0.717) is 63.5 Å². The standard InChI is InChI=1S/C29H28Cl2F2N8/c1-28(2,3)15-37-24-17(12-35)13-36-25-20(24)9-18(10-21(25)30)38-26(19-6-4-5-16(11-34)23(19)31)22-14-41(40-39-22)29(7-8-29)27(32)33/h4-6,9-10,13-14,26-27,38-40H,7-8,15H2,1-3H3,(H,36,37)/t26-/m0/s1. The van der Waals surface area contributed by atoms with E-state index in [0.717, 1.165) is 0 Å². The molecule has 0 spiro atoms. The largest absolute Gasteiger partial charge is 0.383 e. The Morgan fingerprint density at radius 3 is 2.51 bits per heavy atom. The highest BCUT2D eigenvalue weighted by atomic mass is 35.5. The number of nitrogens with one attached hydrogen (secondary N) is 4. The molecule has 4 N–H and O–H groups in total. The number of alkyl halides is 2. The summed E-state index contributed by atoms with van der Waals surface area (Å²) in [6.45, 7) is 6.84. The van der Waals surface area contributed by atoms with Gasteiger partial charge in [0.05, 0.1) is 44.1 Å². The molecule has 1 aliphatic carbocycles. The lowest BCUT2D eigenvalue weighted by atomic mass is 9.96. The summed E-state index contributed by atoms with van der Waals surface area (Å²) in [5, 5.41) is 28.8. The Kier molecular flexibility index (Phi) is 7.60. The lowest BCUT2D eigenvalue weighted by molar-refractivity contribution is 0.00911. The van der Waals surface area contributed by atoms with Crippen molar-refractivity contribution in [3.8, 4) is 12.1 Å². The summed E-state index contributed by atoms with van der Waals surface area (Å²) >= 11 is 13.4. The van der Waals surface area contributed by atoms with E-state index in [1.807, 2.05) is 6.07 Å². The summed E-state index contributed by atoms with van der Waals surface area (Å²) in [4.78, 5) is 4.42. The molecule has 5 rings (SSSR count). The Morgan fingerprint density at radius 2 is 1.88 bits per heavy atom. The van der Waals surface area contributed by atoms with E-state index in [4.69, 9.17) is 23.2 Å². The highest BCUT2D eigenvalue weighted by Crippen LogP contribution is 2.47. The van der Waals surface area contributed by atoms with Crippen LogP contribution in [0.25, 0.3) is 10.9 Å². The van der Waals surface area contributed by atoms with Gasteiger partial charge in [-0.1, -0.05) is 56.1 Å². The topological polar surface area (TPSA) is 112 Å². The van der Waals surface area contributed by atoms with Crippen LogP contribution in [0.15, 0.2) is 48.4 Å². The van der Waals surface area contributed by atoms with E-state index in [1.54, 1.807) is 30.5 Å². The van der Waals surface area contributed by atoms with Gasteiger partial charge in [0.1, 0.15) is 17.7 Å². The van der Waals surface area contributed by atoms with Gasteiger partial charge in [-0.2, -0.15) is 10.5 Å². The van der Waals surface area contributed by atoms with Gasteiger partial charge in [0.15, 0.2) is 0 Å². The molecule has 3 aromatic rings. The van der Waals surface area contributed by atoms with Crippen molar-refractivity contribution in [3.63, 3.8) is 0 Å². The second-order valence-electron chi connectivity index (χ2n) is 11.4. The van der Waals surface area contributed by atoms with Crippen LogP contribution >= 0.6 is 23.2 Å².